The van der Waals surface area contributed by atoms with Crippen molar-refractivity contribution < 1.29 is 97.1 Å². The lowest BCUT2D eigenvalue weighted by Crippen LogP contribution is -2.58. The lowest BCUT2D eigenvalue weighted by atomic mass is 9.76. The molecule has 2 saturated carbocycles. The number of amides is 10. The number of carbonyl (C=O) groups excluding carboxylic acids is 12. The van der Waals surface area contributed by atoms with Crippen molar-refractivity contribution in [3.8, 4) is 0 Å². The summed E-state index contributed by atoms with van der Waals surface area (Å²) < 4.78 is 0. The van der Waals surface area contributed by atoms with E-state index in [1.165, 1.54) is 24.3 Å². The van der Waals surface area contributed by atoms with Gasteiger partial charge in [0.05, 0.1) is 25.2 Å². The Morgan fingerprint density at radius 2 is 0.736 bits per heavy atom. The summed E-state index contributed by atoms with van der Waals surface area (Å²) in [6.45, 7) is 21.1. The maximum Gasteiger partial charge on any atom is 0.330 e. The van der Waals surface area contributed by atoms with Crippen LogP contribution in [0.5, 0.6) is 0 Å². The fraction of sp³-hybridized carbons (Fsp3) is 0.650. The Balaban J connectivity index is 0.000000570. The monoisotopic (exact) mass is 1540 g/mol. The molecule has 0 aliphatic heterocycles. The summed E-state index contributed by atoms with van der Waals surface area (Å²) in [4.78, 5) is 206. The van der Waals surface area contributed by atoms with E-state index in [9.17, 15) is 97.1 Å². The predicted molar refractivity (Wildman–Crippen MR) is 408 cm³/mol. The van der Waals surface area contributed by atoms with Crippen molar-refractivity contribution in [1.29, 1.82) is 0 Å². The minimum Gasteiger partial charge on any atom is -0.481 e. The van der Waals surface area contributed by atoms with Gasteiger partial charge in [0.15, 0.2) is 12.1 Å². The van der Waals surface area contributed by atoms with Crippen LogP contribution in [0, 0.1) is 46.3 Å². The summed E-state index contributed by atoms with van der Waals surface area (Å²) in [5.41, 5.74) is -0.0861. The lowest BCUT2D eigenvalue weighted by Gasteiger charge is -2.34. The van der Waals surface area contributed by atoms with Gasteiger partial charge in [0.25, 0.3) is 11.8 Å². The molecule has 0 saturated heterocycles. The zero-order valence-electron chi connectivity index (χ0n) is 66.1. The number of carboxylic acids is 4. The van der Waals surface area contributed by atoms with Crippen LogP contribution in [-0.2, 0) is 76.7 Å². The second-order valence-electron chi connectivity index (χ2n) is 32.0. The quantitative estimate of drug-likeness (QED) is 0.0302. The highest BCUT2D eigenvalue weighted by Gasteiger charge is 2.40. The number of hydrogen-bond acceptors (Lipinski definition) is 16. The highest BCUT2D eigenvalue weighted by atomic mass is 16.4. The van der Waals surface area contributed by atoms with Gasteiger partial charge in [0, 0.05) is 25.7 Å². The fourth-order valence-electron chi connectivity index (χ4n) is 13.6. The van der Waals surface area contributed by atoms with E-state index in [0.717, 1.165) is 38.5 Å². The molecule has 2 aromatic carbocycles. The Morgan fingerprint density at radius 3 is 1.06 bits per heavy atom. The molecule has 14 N–H and O–H groups in total. The second-order valence-corrected chi connectivity index (χ2v) is 32.0. The molecule has 10 amide bonds. The Morgan fingerprint density at radius 1 is 0.391 bits per heavy atom. The van der Waals surface area contributed by atoms with Crippen molar-refractivity contribution in [2.24, 2.45) is 46.3 Å². The predicted octanol–water partition coefficient (Wildman–Crippen LogP) is 6.82. The second kappa shape index (κ2) is 47.4. The summed E-state index contributed by atoms with van der Waals surface area (Å²) >= 11 is 0. The van der Waals surface area contributed by atoms with Crippen LogP contribution in [0.1, 0.15) is 248 Å². The molecule has 0 spiro atoms. The molecule has 110 heavy (non-hydrogen) atoms. The van der Waals surface area contributed by atoms with Crippen LogP contribution in [0.3, 0.4) is 0 Å². The number of hydrogen-bond donors (Lipinski definition) is 14. The van der Waals surface area contributed by atoms with E-state index in [1.807, 2.05) is 69.2 Å². The summed E-state index contributed by atoms with van der Waals surface area (Å²) in [6.07, 6.45) is 10.2. The van der Waals surface area contributed by atoms with E-state index < -0.39 is 144 Å². The van der Waals surface area contributed by atoms with Gasteiger partial charge in [-0.15, -0.1) is 0 Å². The first-order valence-electron chi connectivity index (χ1n) is 38.7. The van der Waals surface area contributed by atoms with E-state index in [1.54, 1.807) is 50.2 Å². The minimum atomic E-state index is -1.38. The van der Waals surface area contributed by atoms with Crippen LogP contribution in [0.25, 0.3) is 0 Å². The van der Waals surface area contributed by atoms with Crippen LogP contribution in [0.2, 0.25) is 0 Å². The molecule has 4 unspecified atom stereocenters. The van der Waals surface area contributed by atoms with Crippen molar-refractivity contribution >= 4 is 94.5 Å². The molecule has 10 atom stereocenters. The summed E-state index contributed by atoms with van der Waals surface area (Å²) in [5, 5.41) is 63.5. The average molecular weight is 1540 g/mol. The Labute approximate surface area is 646 Å². The normalized spacial score (nSPS) is 16.1. The SMILES string of the molecule is CCCC(NC(=O)[C@H](CC(C)C)NC(=O)[C@@H](NC(=O)CC(CCC(=O)O)C(C)(C)C)C1CCCCC1)C(=O)C(=O)NCC(=O)N[C@H](C(=O)O)c1ccccc1.CCCC(NC(=O)[C@H](CC(C)C)NC(=O)[C@@H](NC(=O)CCC(CC(=O)O)C(C)(C)C)C1CCCCC1)C(=O)C(=O)NCC(=O)N[C@H](C(=O)O)c1ccccc1. The minimum absolute atomic E-state index is 0.0271. The maximum absolute atomic E-state index is 14.0. The third-order valence-corrected chi connectivity index (χ3v) is 19.9. The van der Waals surface area contributed by atoms with Crippen LogP contribution in [-0.4, -0.2) is 164 Å². The van der Waals surface area contributed by atoms with E-state index in [0.29, 0.717) is 62.5 Å². The summed E-state index contributed by atoms with van der Waals surface area (Å²) in [7, 11) is 0. The van der Waals surface area contributed by atoms with Gasteiger partial charge >= 0.3 is 23.9 Å². The average Bonchev–Trinajstić information content (AvgIpc) is 0.834. The molecule has 4 rings (SSSR count). The highest BCUT2D eigenvalue weighted by Crippen LogP contribution is 2.35. The number of nitrogens with one attached hydrogen (secondary N) is 10. The zero-order chi connectivity index (χ0) is 82.6. The van der Waals surface area contributed by atoms with Gasteiger partial charge in [-0.25, -0.2) is 9.59 Å². The van der Waals surface area contributed by atoms with Crippen LogP contribution >= 0.6 is 0 Å². The van der Waals surface area contributed by atoms with Crippen molar-refractivity contribution in [1.82, 2.24) is 53.2 Å². The molecule has 0 radical (unpaired) electrons. The van der Waals surface area contributed by atoms with Crippen LogP contribution in [0.15, 0.2) is 60.7 Å². The smallest absolute Gasteiger partial charge is 0.330 e. The van der Waals surface area contributed by atoms with Crippen LogP contribution in [0.4, 0.5) is 0 Å². The number of rotatable bonds is 44. The van der Waals surface area contributed by atoms with Gasteiger partial charge in [-0.2, -0.15) is 0 Å². The first kappa shape index (κ1) is 94.6. The van der Waals surface area contributed by atoms with Crippen LogP contribution < -0.4 is 53.2 Å². The van der Waals surface area contributed by atoms with E-state index in [2.05, 4.69) is 53.2 Å². The molecular formula is C80H122N10O20. The molecule has 2 aliphatic carbocycles. The third-order valence-electron chi connectivity index (χ3n) is 19.9. The van der Waals surface area contributed by atoms with Crippen molar-refractivity contribution in [2.75, 3.05) is 13.1 Å². The molecule has 0 aromatic heterocycles. The van der Waals surface area contributed by atoms with E-state index >= 15 is 0 Å². The molecule has 30 nitrogen and oxygen atoms in total. The fourth-order valence-corrected chi connectivity index (χ4v) is 13.6. The zero-order valence-corrected chi connectivity index (χ0v) is 66.1. The van der Waals surface area contributed by atoms with Crippen molar-refractivity contribution in [3.63, 3.8) is 0 Å². The first-order chi connectivity index (χ1) is 51.7. The molecule has 2 fully saturated rings. The van der Waals surface area contributed by atoms with Gasteiger partial charge in [0.1, 0.15) is 24.2 Å². The van der Waals surface area contributed by atoms with Crippen molar-refractivity contribution in [2.45, 2.75) is 273 Å². The maximum atomic E-state index is 14.0. The molecule has 0 heterocycles. The van der Waals surface area contributed by atoms with Gasteiger partial charge in [-0.05, 0) is 122 Å². The molecular weight excluding hydrogens is 1420 g/mol. The van der Waals surface area contributed by atoms with Crippen molar-refractivity contribution in [3.05, 3.63) is 71.8 Å². The first-order valence-corrected chi connectivity index (χ1v) is 38.7. The number of Topliss-reactive ketones (excluding diaryl/α,β-unsaturated/α-hetero) is 2. The number of ketones is 2. The summed E-state index contributed by atoms with van der Waals surface area (Å²) in [6, 6.07) is 6.51. The number of aliphatic carboxylic acids is 4. The number of benzene rings is 2. The van der Waals surface area contributed by atoms with Gasteiger partial charge < -0.3 is 73.6 Å². The topological polar surface area (TPSA) is 474 Å². The largest absolute Gasteiger partial charge is 0.481 e. The third kappa shape index (κ3) is 34.5. The lowest BCUT2D eigenvalue weighted by molar-refractivity contribution is -0.143. The number of carboxylic acid groups (broad SMARTS) is 4. The van der Waals surface area contributed by atoms with Gasteiger partial charge in [-0.1, -0.05) is 195 Å². The van der Waals surface area contributed by atoms with E-state index in [-0.39, 0.29) is 110 Å². The van der Waals surface area contributed by atoms with Gasteiger partial charge in [-0.3, -0.25) is 67.1 Å². The molecule has 2 aliphatic rings. The molecule has 2 aromatic rings. The molecule has 30 heteroatoms. The standard InChI is InChI=1S/2C40H61N5O10/c1-7-14-28(35(50)38(53)41-23-31(47)45-34(39(54)55)26-17-12-9-13-18-26)42-36(51)29(21-24(2)3)43-37(52)33(25-15-10-8-11-16-25)44-30(46)22-27(40(4,5)6)19-20-32(48)49;1-7-14-28(35(50)38(53)41-23-31(47)45-34(39(54)55)26-17-12-9-13-18-26)42-36(51)29(21-24(2)3)43-37(52)33(25-15-10-8-11-16-25)44-30(46)20-19-27(22-32(48)49)40(4,5)6/h2*9,12-13,17-18,24-25,27-29,33-34H,7-8,10-11,14-16,19-23H2,1-6H3,(H,41,53)(H,42,51)(H,43,52)(H,44,46)(H,45,47)(H,48,49)(H,54,55)/t2*27?,28?,29-,33-,34-/m00/s1. The Bertz CT molecular complexity index is 3420. The molecule has 0 bridgehead atoms. The van der Waals surface area contributed by atoms with Gasteiger partial charge in [0.2, 0.25) is 58.8 Å². The number of carbonyl (C=O) groups is 16. The Hall–Kier alpha value is -9.64. The van der Waals surface area contributed by atoms with E-state index in [4.69, 9.17) is 0 Å². The highest BCUT2D eigenvalue weighted by molar-refractivity contribution is 6.39. The summed E-state index contributed by atoms with van der Waals surface area (Å²) in [5.74, 6) is -14.8. The molecule has 612 valence electrons. The Kier molecular flexibility index (Phi) is 40.8.